The molecule has 0 aliphatic rings. The Hall–Kier alpha value is -2.41. The average molecular weight is 318 g/mol. The Balaban J connectivity index is 2.52. The smallest absolute Gasteiger partial charge is 0.185 e. The van der Waals surface area contributed by atoms with Gasteiger partial charge in [0.15, 0.2) is 5.78 Å². The SMILES string of the molecule is C=CC(=O)c1ccc(C(CCC)=C(CCC)c2ccccc2)cc1. The van der Waals surface area contributed by atoms with Crippen LogP contribution in [-0.2, 0) is 0 Å². The summed E-state index contributed by atoms with van der Waals surface area (Å²) in [7, 11) is 0. The van der Waals surface area contributed by atoms with Gasteiger partial charge in [-0.3, -0.25) is 4.79 Å². The van der Waals surface area contributed by atoms with Crippen molar-refractivity contribution >= 4 is 16.9 Å². The van der Waals surface area contributed by atoms with Crippen LogP contribution in [0.3, 0.4) is 0 Å². The molecule has 0 unspecified atom stereocenters. The van der Waals surface area contributed by atoms with Gasteiger partial charge in [0.2, 0.25) is 0 Å². The van der Waals surface area contributed by atoms with Crippen molar-refractivity contribution in [1.82, 2.24) is 0 Å². The lowest BCUT2D eigenvalue weighted by atomic mass is 9.88. The second-order valence-electron chi connectivity index (χ2n) is 5.97. The van der Waals surface area contributed by atoms with Gasteiger partial charge in [-0.2, -0.15) is 0 Å². The first kappa shape index (κ1) is 17.9. The first-order chi connectivity index (χ1) is 11.7. The van der Waals surface area contributed by atoms with Gasteiger partial charge in [-0.15, -0.1) is 0 Å². The summed E-state index contributed by atoms with van der Waals surface area (Å²) in [5.41, 5.74) is 6.02. The van der Waals surface area contributed by atoms with Crippen molar-refractivity contribution in [1.29, 1.82) is 0 Å². The summed E-state index contributed by atoms with van der Waals surface area (Å²) < 4.78 is 0. The molecular formula is C23H26O. The molecule has 0 aliphatic heterocycles. The van der Waals surface area contributed by atoms with Gasteiger partial charge in [-0.1, -0.05) is 87.9 Å². The molecule has 2 rings (SSSR count). The molecule has 0 fully saturated rings. The van der Waals surface area contributed by atoms with Gasteiger partial charge in [0.05, 0.1) is 0 Å². The van der Waals surface area contributed by atoms with Crippen molar-refractivity contribution in [3.8, 4) is 0 Å². The van der Waals surface area contributed by atoms with Crippen LogP contribution in [0, 0.1) is 0 Å². The van der Waals surface area contributed by atoms with Gasteiger partial charge < -0.3 is 0 Å². The Morgan fingerprint density at radius 3 is 1.71 bits per heavy atom. The summed E-state index contributed by atoms with van der Waals surface area (Å²) in [6.45, 7) is 7.99. The average Bonchev–Trinajstić information content (AvgIpc) is 2.65. The molecule has 0 aliphatic carbocycles. The van der Waals surface area contributed by atoms with Crippen LogP contribution in [0.15, 0.2) is 67.3 Å². The first-order valence-electron chi connectivity index (χ1n) is 8.75. The van der Waals surface area contributed by atoms with Gasteiger partial charge in [-0.25, -0.2) is 0 Å². The molecule has 0 bridgehead atoms. The molecule has 124 valence electrons. The molecular weight excluding hydrogens is 292 g/mol. The number of hydrogen-bond acceptors (Lipinski definition) is 1. The maximum atomic E-state index is 11.7. The molecule has 0 spiro atoms. The van der Waals surface area contributed by atoms with E-state index in [0.717, 1.165) is 25.7 Å². The highest BCUT2D eigenvalue weighted by atomic mass is 16.1. The number of carbonyl (C=O) groups is 1. The van der Waals surface area contributed by atoms with Crippen molar-refractivity contribution in [3.63, 3.8) is 0 Å². The maximum Gasteiger partial charge on any atom is 0.185 e. The van der Waals surface area contributed by atoms with E-state index in [9.17, 15) is 4.79 Å². The summed E-state index contributed by atoms with van der Waals surface area (Å²) in [4.78, 5) is 11.7. The van der Waals surface area contributed by atoms with E-state index in [1.54, 1.807) is 0 Å². The Labute approximate surface area is 145 Å². The van der Waals surface area contributed by atoms with Crippen molar-refractivity contribution in [2.75, 3.05) is 0 Å². The Bertz CT molecular complexity index is 705. The Morgan fingerprint density at radius 2 is 1.25 bits per heavy atom. The normalized spacial score (nSPS) is 11.8. The molecule has 0 amide bonds. The lowest BCUT2D eigenvalue weighted by molar-refractivity contribution is 0.104. The fraction of sp³-hybridized carbons (Fsp3) is 0.261. The topological polar surface area (TPSA) is 17.1 Å². The molecule has 0 saturated carbocycles. The molecule has 24 heavy (non-hydrogen) atoms. The third kappa shape index (κ3) is 4.32. The highest BCUT2D eigenvalue weighted by Crippen LogP contribution is 2.33. The largest absolute Gasteiger partial charge is 0.289 e. The highest BCUT2D eigenvalue weighted by molar-refractivity contribution is 6.04. The fourth-order valence-electron chi connectivity index (χ4n) is 3.03. The summed E-state index contributed by atoms with van der Waals surface area (Å²) >= 11 is 0. The van der Waals surface area contributed by atoms with Gasteiger partial charge in [0, 0.05) is 5.56 Å². The van der Waals surface area contributed by atoms with E-state index in [-0.39, 0.29) is 5.78 Å². The van der Waals surface area contributed by atoms with Crippen LogP contribution >= 0.6 is 0 Å². The standard InChI is InChI=1S/C23H26O/c1-4-10-21(18-12-8-7-9-13-18)22(11-5-2)19-14-16-20(17-15-19)23(24)6-3/h6-9,12-17H,3-5,10-11H2,1-2H3. The summed E-state index contributed by atoms with van der Waals surface area (Å²) in [5.74, 6) is -0.0283. The quantitative estimate of drug-likeness (QED) is 0.306. The third-order valence-corrected chi connectivity index (χ3v) is 4.19. The zero-order chi connectivity index (χ0) is 17.4. The van der Waals surface area contributed by atoms with E-state index < -0.39 is 0 Å². The molecule has 2 aromatic rings. The number of allylic oxidation sites excluding steroid dienone is 3. The Morgan fingerprint density at radius 1 is 0.792 bits per heavy atom. The predicted molar refractivity (Wildman–Crippen MR) is 104 cm³/mol. The second-order valence-corrected chi connectivity index (χ2v) is 5.97. The van der Waals surface area contributed by atoms with Crippen LogP contribution in [0.2, 0.25) is 0 Å². The molecule has 1 nitrogen and oxygen atoms in total. The Kier molecular flexibility index (Phi) is 6.74. The number of carbonyl (C=O) groups excluding carboxylic acids is 1. The van der Waals surface area contributed by atoms with Crippen LogP contribution < -0.4 is 0 Å². The minimum Gasteiger partial charge on any atom is -0.289 e. The monoisotopic (exact) mass is 318 g/mol. The second kappa shape index (κ2) is 9.02. The minimum absolute atomic E-state index is 0.0283. The predicted octanol–water partition coefficient (Wildman–Crippen LogP) is 6.57. The third-order valence-electron chi connectivity index (χ3n) is 4.19. The van der Waals surface area contributed by atoms with Crippen LogP contribution in [0.4, 0.5) is 0 Å². The van der Waals surface area contributed by atoms with E-state index in [1.807, 2.05) is 12.1 Å². The summed E-state index contributed by atoms with van der Waals surface area (Å²) in [5, 5.41) is 0. The molecule has 1 heteroatoms. The maximum absolute atomic E-state index is 11.7. The van der Waals surface area contributed by atoms with Gasteiger partial charge >= 0.3 is 0 Å². The summed E-state index contributed by atoms with van der Waals surface area (Å²) in [6.07, 6.45) is 5.68. The minimum atomic E-state index is -0.0283. The number of ketones is 1. The van der Waals surface area contributed by atoms with Crippen LogP contribution in [-0.4, -0.2) is 5.78 Å². The molecule has 0 N–H and O–H groups in total. The fourth-order valence-corrected chi connectivity index (χ4v) is 3.03. The zero-order valence-electron chi connectivity index (χ0n) is 14.7. The van der Waals surface area contributed by atoms with Crippen LogP contribution in [0.5, 0.6) is 0 Å². The number of benzene rings is 2. The van der Waals surface area contributed by atoms with E-state index >= 15 is 0 Å². The zero-order valence-corrected chi connectivity index (χ0v) is 14.7. The lowest BCUT2D eigenvalue weighted by Crippen LogP contribution is -1.96. The van der Waals surface area contributed by atoms with Crippen molar-refractivity contribution in [2.24, 2.45) is 0 Å². The van der Waals surface area contributed by atoms with Gasteiger partial charge in [0.1, 0.15) is 0 Å². The highest BCUT2D eigenvalue weighted by Gasteiger charge is 2.11. The van der Waals surface area contributed by atoms with Crippen molar-refractivity contribution in [2.45, 2.75) is 39.5 Å². The van der Waals surface area contributed by atoms with E-state index in [2.05, 4.69) is 62.9 Å². The van der Waals surface area contributed by atoms with Gasteiger partial charge in [0.25, 0.3) is 0 Å². The summed E-state index contributed by atoms with van der Waals surface area (Å²) in [6, 6.07) is 18.6. The molecule has 2 aromatic carbocycles. The number of hydrogen-bond donors (Lipinski definition) is 0. The van der Waals surface area contributed by atoms with E-state index in [1.165, 1.54) is 28.3 Å². The van der Waals surface area contributed by atoms with Crippen LogP contribution in [0.25, 0.3) is 11.1 Å². The molecule has 0 saturated heterocycles. The van der Waals surface area contributed by atoms with Crippen molar-refractivity contribution < 1.29 is 4.79 Å². The van der Waals surface area contributed by atoms with E-state index in [4.69, 9.17) is 0 Å². The van der Waals surface area contributed by atoms with Crippen molar-refractivity contribution in [3.05, 3.63) is 83.9 Å². The van der Waals surface area contributed by atoms with Crippen LogP contribution in [0.1, 0.15) is 61.0 Å². The molecule has 0 aromatic heterocycles. The first-order valence-corrected chi connectivity index (χ1v) is 8.75. The lowest BCUT2D eigenvalue weighted by Gasteiger charge is -2.16. The number of rotatable bonds is 8. The van der Waals surface area contributed by atoms with Gasteiger partial charge in [-0.05, 0) is 41.2 Å². The molecule has 0 heterocycles. The van der Waals surface area contributed by atoms with E-state index in [0.29, 0.717) is 5.56 Å². The molecule has 0 radical (unpaired) electrons. The molecule has 0 atom stereocenters.